The minimum Gasteiger partial charge on any atom is -0.508 e. The van der Waals surface area contributed by atoms with Crippen LogP contribution in [0.15, 0.2) is 67.1 Å². The Morgan fingerprint density at radius 2 is 1.77 bits per heavy atom. The number of benzene rings is 2. The molecule has 1 aromatic heterocycles. The number of hydrogen-bond donors (Lipinski definition) is 2. The molecule has 0 saturated carbocycles. The van der Waals surface area contributed by atoms with Crippen LogP contribution < -0.4 is 5.32 Å². The number of amides is 1. The summed E-state index contributed by atoms with van der Waals surface area (Å²) in [6, 6.07) is 15.3. The van der Waals surface area contributed by atoms with Gasteiger partial charge in [0.15, 0.2) is 0 Å². The van der Waals surface area contributed by atoms with E-state index in [-0.39, 0.29) is 11.7 Å². The molecule has 0 fully saturated rings. The van der Waals surface area contributed by atoms with Gasteiger partial charge in [-0.25, -0.2) is 9.97 Å². The summed E-state index contributed by atoms with van der Waals surface area (Å²) in [7, 11) is 0. The van der Waals surface area contributed by atoms with Crippen molar-refractivity contribution in [2.45, 2.75) is 0 Å². The summed E-state index contributed by atoms with van der Waals surface area (Å²) in [6.45, 7) is 0. The van der Waals surface area contributed by atoms with Crippen LogP contribution >= 0.6 is 0 Å². The van der Waals surface area contributed by atoms with Crippen LogP contribution in [0.3, 0.4) is 0 Å². The number of phenolic OH excluding ortho intramolecular Hbond substituents is 1. The monoisotopic (exact) mass is 291 g/mol. The van der Waals surface area contributed by atoms with E-state index in [9.17, 15) is 9.90 Å². The fourth-order valence-corrected chi connectivity index (χ4v) is 2.10. The molecule has 0 saturated heterocycles. The number of carbonyl (C=O) groups excluding carboxylic acids is 1. The van der Waals surface area contributed by atoms with E-state index in [0.717, 1.165) is 5.56 Å². The molecule has 0 spiro atoms. The maximum absolute atomic E-state index is 12.5. The SMILES string of the molecule is O=C(Nc1ccc(O)cc1)c1ccccc1-c1ccncn1. The number of carbonyl (C=O) groups is 1. The molecule has 3 aromatic rings. The van der Waals surface area contributed by atoms with Crippen LogP contribution in [0.4, 0.5) is 5.69 Å². The fraction of sp³-hybridized carbons (Fsp3) is 0. The Kier molecular flexibility index (Phi) is 3.78. The first kappa shape index (κ1) is 13.8. The fourth-order valence-electron chi connectivity index (χ4n) is 2.10. The first-order valence-electron chi connectivity index (χ1n) is 6.70. The second-order valence-corrected chi connectivity index (χ2v) is 4.64. The average molecular weight is 291 g/mol. The van der Waals surface area contributed by atoms with Crippen molar-refractivity contribution in [1.29, 1.82) is 0 Å². The Bertz CT molecular complexity index is 787. The van der Waals surface area contributed by atoms with Crippen molar-refractivity contribution in [3.05, 3.63) is 72.7 Å². The highest BCUT2D eigenvalue weighted by atomic mass is 16.3. The van der Waals surface area contributed by atoms with E-state index in [2.05, 4.69) is 15.3 Å². The second-order valence-electron chi connectivity index (χ2n) is 4.64. The van der Waals surface area contributed by atoms with Crippen molar-refractivity contribution in [1.82, 2.24) is 9.97 Å². The summed E-state index contributed by atoms with van der Waals surface area (Å²) < 4.78 is 0. The van der Waals surface area contributed by atoms with Gasteiger partial charge in [0, 0.05) is 23.0 Å². The number of aromatic hydroxyl groups is 1. The molecule has 0 radical (unpaired) electrons. The lowest BCUT2D eigenvalue weighted by Gasteiger charge is -2.09. The Labute approximate surface area is 127 Å². The average Bonchev–Trinajstić information content (AvgIpc) is 2.58. The third-order valence-electron chi connectivity index (χ3n) is 3.15. The highest BCUT2D eigenvalue weighted by Crippen LogP contribution is 2.22. The maximum Gasteiger partial charge on any atom is 0.256 e. The van der Waals surface area contributed by atoms with Crippen molar-refractivity contribution >= 4 is 11.6 Å². The van der Waals surface area contributed by atoms with Gasteiger partial charge in [-0.3, -0.25) is 4.79 Å². The molecule has 2 aromatic carbocycles. The number of anilines is 1. The number of nitrogens with zero attached hydrogens (tertiary/aromatic N) is 2. The molecule has 0 aliphatic carbocycles. The number of phenols is 1. The van der Waals surface area contributed by atoms with Gasteiger partial charge in [0.2, 0.25) is 0 Å². The molecular weight excluding hydrogens is 278 g/mol. The summed E-state index contributed by atoms with van der Waals surface area (Å²) in [6.07, 6.45) is 3.08. The topological polar surface area (TPSA) is 75.1 Å². The van der Waals surface area contributed by atoms with Gasteiger partial charge in [-0.2, -0.15) is 0 Å². The lowest BCUT2D eigenvalue weighted by molar-refractivity contribution is 0.102. The van der Waals surface area contributed by atoms with E-state index in [1.54, 1.807) is 36.5 Å². The van der Waals surface area contributed by atoms with Gasteiger partial charge >= 0.3 is 0 Å². The van der Waals surface area contributed by atoms with Crippen LogP contribution in [0.1, 0.15) is 10.4 Å². The lowest BCUT2D eigenvalue weighted by Crippen LogP contribution is -2.13. The van der Waals surface area contributed by atoms with Gasteiger partial charge in [0.05, 0.1) is 5.69 Å². The van der Waals surface area contributed by atoms with E-state index < -0.39 is 0 Å². The highest BCUT2D eigenvalue weighted by molar-refractivity contribution is 6.08. The number of aromatic nitrogens is 2. The molecule has 0 aliphatic rings. The minimum absolute atomic E-state index is 0.152. The molecule has 0 unspecified atom stereocenters. The quantitative estimate of drug-likeness (QED) is 0.727. The van der Waals surface area contributed by atoms with Gasteiger partial charge < -0.3 is 10.4 Å². The van der Waals surface area contributed by atoms with Crippen molar-refractivity contribution in [2.75, 3.05) is 5.32 Å². The number of hydrogen-bond acceptors (Lipinski definition) is 4. The van der Waals surface area contributed by atoms with Gasteiger partial charge in [-0.05, 0) is 36.4 Å². The number of nitrogens with one attached hydrogen (secondary N) is 1. The predicted molar refractivity (Wildman–Crippen MR) is 83.5 cm³/mol. The third kappa shape index (κ3) is 2.93. The molecule has 2 N–H and O–H groups in total. The van der Waals surface area contributed by atoms with Gasteiger partial charge in [-0.1, -0.05) is 18.2 Å². The van der Waals surface area contributed by atoms with Crippen LogP contribution in [-0.4, -0.2) is 21.0 Å². The maximum atomic E-state index is 12.5. The van der Waals surface area contributed by atoms with Crippen molar-refractivity contribution in [3.8, 4) is 17.0 Å². The molecule has 5 heteroatoms. The van der Waals surface area contributed by atoms with E-state index in [4.69, 9.17) is 0 Å². The summed E-state index contributed by atoms with van der Waals surface area (Å²) in [5, 5.41) is 12.1. The highest BCUT2D eigenvalue weighted by Gasteiger charge is 2.13. The standard InChI is InChI=1S/C17H13N3O2/c21-13-7-5-12(6-8-13)20-17(22)15-4-2-1-3-14(15)16-9-10-18-11-19-16/h1-11,21H,(H,20,22). The Morgan fingerprint density at radius 3 is 2.50 bits per heavy atom. The minimum atomic E-state index is -0.236. The molecule has 22 heavy (non-hydrogen) atoms. The summed E-state index contributed by atoms with van der Waals surface area (Å²) >= 11 is 0. The summed E-state index contributed by atoms with van der Waals surface area (Å²) in [5.41, 5.74) is 2.56. The lowest BCUT2D eigenvalue weighted by atomic mass is 10.0. The second kappa shape index (κ2) is 6.05. The van der Waals surface area contributed by atoms with E-state index in [0.29, 0.717) is 16.9 Å². The zero-order valence-corrected chi connectivity index (χ0v) is 11.6. The zero-order chi connectivity index (χ0) is 15.4. The normalized spacial score (nSPS) is 10.2. The van der Waals surface area contributed by atoms with Crippen LogP contribution in [0.5, 0.6) is 5.75 Å². The molecule has 1 heterocycles. The Hall–Kier alpha value is -3.21. The van der Waals surface area contributed by atoms with Gasteiger partial charge in [-0.15, -0.1) is 0 Å². The summed E-state index contributed by atoms with van der Waals surface area (Å²) in [4.78, 5) is 20.5. The van der Waals surface area contributed by atoms with Gasteiger partial charge in [0.25, 0.3) is 5.91 Å². The van der Waals surface area contributed by atoms with Crippen LogP contribution in [0.2, 0.25) is 0 Å². The van der Waals surface area contributed by atoms with Crippen LogP contribution in [-0.2, 0) is 0 Å². The Balaban J connectivity index is 1.91. The third-order valence-corrected chi connectivity index (χ3v) is 3.15. The first-order valence-corrected chi connectivity index (χ1v) is 6.70. The number of rotatable bonds is 3. The largest absolute Gasteiger partial charge is 0.508 e. The summed E-state index contributed by atoms with van der Waals surface area (Å²) in [5.74, 6) is -0.0840. The van der Waals surface area contributed by atoms with E-state index >= 15 is 0 Å². The van der Waals surface area contributed by atoms with Crippen molar-refractivity contribution in [2.24, 2.45) is 0 Å². The van der Waals surface area contributed by atoms with Crippen LogP contribution in [0, 0.1) is 0 Å². The Morgan fingerprint density at radius 1 is 1.00 bits per heavy atom. The molecule has 108 valence electrons. The van der Waals surface area contributed by atoms with Crippen molar-refractivity contribution < 1.29 is 9.90 Å². The molecule has 0 aliphatic heterocycles. The molecule has 0 bridgehead atoms. The molecular formula is C17H13N3O2. The molecule has 0 atom stereocenters. The predicted octanol–water partition coefficient (Wildman–Crippen LogP) is 3.10. The smallest absolute Gasteiger partial charge is 0.256 e. The molecule has 3 rings (SSSR count). The first-order chi connectivity index (χ1) is 10.7. The van der Waals surface area contributed by atoms with E-state index in [1.165, 1.54) is 18.5 Å². The molecule has 1 amide bonds. The van der Waals surface area contributed by atoms with Crippen LogP contribution in [0.25, 0.3) is 11.3 Å². The van der Waals surface area contributed by atoms with Crippen molar-refractivity contribution in [3.63, 3.8) is 0 Å². The van der Waals surface area contributed by atoms with E-state index in [1.807, 2.05) is 12.1 Å². The zero-order valence-electron chi connectivity index (χ0n) is 11.6. The molecule has 5 nitrogen and oxygen atoms in total. The van der Waals surface area contributed by atoms with Gasteiger partial charge in [0.1, 0.15) is 12.1 Å².